The second kappa shape index (κ2) is 7.76. The summed E-state index contributed by atoms with van der Waals surface area (Å²) in [6, 6.07) is 18.7. The number of allylic oxidation sites excluding steroid dienone is 3. The first kappa shape index (κ1) is 18.2. The van der Waals surface area contributed by atoms with E-state index in [9.17, 15) is 0 Å². The number of rotatable bonds is 5. The Morgan fingerprint density at radius 2 is 1.77 bits per heavy atom. The Kier molecular flexibility index (Phi) is 5.43. The van der Waals surface area contributed by atoms with Gasteiger partial charge in [0.15, 0.2) is 0 Å². The molecule has 0 amide bonds. The van der Waals surface area contributed by atoms with Crippen molar-refractivity contribution in [2.24, 2.45) is 0 Å². The molecule has 0 saturated carbocycles. The Morgan fingerprint density at radius 3 is 2.42 bits per heavy atom. The third-order valence-electron chi connectivity index (χ3n) is 4.48. The Morgan fingerprint density at radius 1 is 1.04 bits per heavy atom. The lowest BCUT2D eigenvalue weighted by Gasteiger charge is -2.12. The number of pyridine rings is 1. The molecule has 26 heavy (non-hydrogen) atoms. The molecule has 0 spiro atoms. The Bertz CT molecular complexity index is 997. The van der Waals surface area contributed by atoms with Gasteiger partial charge in [0.1, 0.15) is 0 Å². The van der Waals surface area contributed by atoms with E-state index in [2.05, 4.69) is 62.8 Å². The van der Waals surface area contributed by atoms with Crippen LogP contribution in [0.15, 0.2) is 84.9 Å². The summed E-state index contributed by atoms with van der Waals surface area (Å²) in [6.45, 7) is 12.7. The molecule has 0 aliphatic heterocycles. The fourth-order valence-electron chi connectivity index (χ4n) is 2.99. The molecule has 1 aromatic heterocycles. The van der Waals surface area contributed by atoms with Crippen molar-refractivity contribution < 1.29 is 0 Å². The van der Waals surface area contributed by atoms with Gasteiger partial charge in [-0.05, 0) is 51.8 Å². The number of hydrogen-bond donors (Lipinski definition) is 1. The summed E-state index contributed by atoms with van der Waals surface area (Å²) >= 11 is 4.48. The molecule has 0 saturated heterocycles. The van der Waals surface area contributed by atoms with E-state index in [1.165, 1.54) is 10.9 Å². The maximum atomic E-state index is 4.61. The maximum absolute atomic E-state index is 4.61. The zero-order valence-corrected chi connectivity index (χ0v) is 16.1. The monoisotopic (exact) mass is 357 g/mol. The standard InChI is InChI=1S/C24H23NS/c1-16(2)21-11-10-20-12-13-25-24(23(20)15-21)17(3)14-22(18(4)26)19-8-6-5-7-9-19/h5-16,26H,3-4H2,1-2H3/b22-14+. The van der Waals surface area contributed by atoms with Gasteiger partial charge in [-0.2, -0.15) is 0 Å². The van der Waals surface area contributed by atoms with Gasteiger partial charge in [-0.15, -0.1) is 12.6 Å². The average Bonchev–Trinajstić information content (AvgIpc) is 2.65. The molecule has 0 N–H and O–H groups in total. The molecule has 2 aromatic carbocycles. The lowest BCUT2D eigenvalue weighted by Crippen LogP contribution is -1.93. The van der Waals surface area contributed by atoms with Gasteiger partial charge in [0.05, 0.1) is 5.69 Å². The predicted molar refractivity (Wildman–Crippen MR) is 117 cm³/mol. The van der Waals surface area contributed by atoms with Crippen LogP contribution in [0.4, 0.5) is 0 Å². The quantitative estimate of drug-likeness (QED) is 0.387. The van der Waals surface area contributed by atoms with Crippen molar-refractivity contribution in [3.63, 3.8) is 0 Å². The van der Waals surface area contributed by atoms with E-state index < -0.39 is 0 Å². The van der Waals surface area contributed by atoms with Gasteiger partial charge in [-0.1, -0.05) is 69.5 Å². The van der Waals surface area contributed by atoms with Gasteiger partial charge in [-0.3, -0.25) is 4.98 Å². The summed E-state index contributed by atoms with van der Waals surface area (Å²) in [6.07, 6.45) is 3.86. The Hall–Kier alpha value is -2.58. The highest BCUT2D eigenvalue weighted by Crippen LogP contribution is 2.31. The van der Waals surface area contributed by atoms with Gasteiger partial charge in [0.2, 0.25) is 0 Å². The molecule has 0 atom stereocenters. The second-order valence-corrected chi connectivity index (χ2v) is 7.23. The van der Waals surface area contributed by atoms with Crippen LogP contribution in [0.3, 0.4) is 0 Å². The summed E-state index contributed by atoms with van der Waals surface area (Å²) in [7, 11) is 0. The smallest absolute Gasteiger partial charge is 0.0774 e. The van der Waals surface area contributed by atoms with Crippen molar-refractivity contribution in [1.29, 1.82) is 0 Å². The van der Waals surface area contributed by atoms with Crippen LogP contribution in [0.2, 0.25) is 0 Å². The minimum atomic E-state index is 0.466. The SMILES string of the molecule is C=C(S)/C(=C\C(=C)c1nccc2ccc(C(C)C)cc12)c1ccccc1. The zero-order chi connectivity index (χ0) is 18.7. The van der Waals surface area contributed by atoms with Gasteiger partial charge in [0, 0.05) is 16.5 Å². The molecule has 130 valence electrons. The van der Waals surface area contributed by atoms with Crippen LogP contribution >= 0.6 is 12.6 Å². The van der Waals surface area contributed by atoms with Crippen molar-refractivity contribution in [3.8, 4) is 0 Å². The molecule has 0 aliphatic rings. The first-order valence-electron chi connectivity index (χ1n) is 8.70. The molecule has 3 aromatic rings. The zero-order valence-electron chi connectivity index (χ0n) is 15.2. The highest BCUT2D eigenvalue weighted by atomic mass is 32.1. The number of hydrogen-bond acceptors (Lipinski definition) is 2. The maximum Gasteiger partial charge on any atom is 0.0774 e. The van der Waals surface area contributed by atoms with Gasteiger partial charge in [0.25, 0.3) is 0 Å². The molecule has 0 fully saturated rings. The summed E-state index contributed by atoms with van der Waals surface area (Å²) in [5, 5.41) is 2.29. The average molecular weight is 358 g/mol. The first-order valence-corrected chi connectivity index (χ1v) is 9.15. The van der Waals surface area contributed by atoms with Crippen molar-refractivity contribution in [3.05, 3.63) is 102 Å². The summed E-state index contributed by atoms with van der Waals surface area (Å²) in [5.41, 5.74) is 5.07. The van der Waals surface area contributed by atoms with E-state index in [0.29, 0.717) is 10.8 Å². The van der Waals surface area contributed by atoms with Crippen LogP contribution in [0.5, 0.6) is 0 Å². The molecule has 1 heterocycles. The van der Waals surface area contributed by atoms with Crippen LogP contribution in [0.25, 0.3) is 21.9 Å². The van der Waals surface area contributed by atoms with Gasteiger partial charge >= 0.3 is 0 Å². The van der Waals surface area contributed by atoms with E-state index >= 15 is 0 Å². The van der Waals surface area contributed by atoms with Gasteiger partial charge in [-0.25, -0.2) is 0 Å². The summed E-state index contributed by atoms with van der Waals surface area (Å²) in [5.74, 6) is 0.466. The van der Waals surface area contributed by atoms with Crippen LogP contribution in [-0.4, -0.2) is 4.98 Å². The number of fused-ring (bicyclic) bond motifs is 1. The van der Waals surface area contributed by atoms with E-state index in [1.807, 2.05) is 48.7 Å². The van der Waals surface area contributed by atoms with Crippen molar-refractivity contribution in [2.45, 2.75) is 19.8 Å². The largest absolute Gasteiger partial charge is 0.256 e. The fourth-order valence-corrected chi connectivity index (χ4v) is 3.19. The van der Waals surface area contributed by atoms with E-state index in [4.69, 9.17) is 0 Å². The van der Waals surface area contributed by atoms with Crippen molar-refractivity contribution in [2.75, 3.05) is 0 Å². The molecule has 0 radical (unpaired) electrons. The summed E-state index contributed by atoms with van der Waals surface area (Å²) in [4.78, 5) is 5.32. The lowest BCUT2D eigenvalue weighted by molar-refractivity contribution is 0.868. The summed E-state index contributed by atoms with van der Waals surface area (Å²) < 4.78 is 0. The molecule has 1 nitrogen and oxygen atoms in total. The van der Waals surface area contributed by atoms with E-state index in [0.717, 1.165) is 27.8 Å². The number of thiol groups is 1. The third kappa shape index (κ3) is 3.81. The second-order valence-electron chi connectivity index (χ2n) is 6.69. The molecule has 0 aliphatic carbocycles. The third-order valence-corrected chi connectivity index (χ3v) is 4.72. The highest BCUT2D eigenvalue weighted by Gasteiger charge is 2.10. The van der Waals surface area contributed by atoms with Crippen molar-refractivity contribution >= 4 is 34.5 Å². The Labute approximate surface area is 161 Å². The minimum Gasteiger partial charge on any atom is -0.256 e. The number of benzene rings is 2. The molecular weight excluding hydrogens is 334 g/mol. The highest BCUT2D eigenvalue weighted by molar-refractivity contribution is 7.85. The van der Waals surface area contributed by atoms with Crippen molar-refractivity contribution in [1.82, 2.24) is 4.98 Å². The lowest BCUT2D eigenvalue weighted by atomic mass is 9.96. The number of aromatic nitrogens is 1. The fraction of sp³-hybridized carbons (Fsp3) is 0.125. The molecule has 0 unspecified atom stereocenters. The molecule has 0 bridgehead atoms. The van der Waals surface area contributed by atoms with E-state index in [-0.39, 0.29) is 0 Å². The van der Waals surface area contributed by atoms with E-state index in [1.54, 1.807) is 0 Å². The van der Waals surface area contributed by atoms with Crippen LogP contribution in [0.1, 0.15) is 36.6 Å². The topological polar surface area (TPSA) is 12.9 Å². The molecule has 3 rings (SSSR count). The molecular formula is C24H23NS. The molecule has 2 heteroatoms. The Balaban J connectivity index is 2.12. The van der Waals surface area contributed by atoms with Crippen LogP contribution in [-0.2, 0) is 0 Å². The normalized spacial score (nSPS) is 11.8. The minimum absolute atomic E-state index is 0.466. The van der Waals surface area contributed by atoms with Crippen LogP contribution < -0.4 is 0 Å². The van der Waals surface area contributed by atoms with Crippen LogP contribution in [0, 0.1) is 0 Å². The number of nitrogens with zero attached hydrogens (tertiary/aromatic N) is 1. The van der Waals surface area contributed by atoms with Gasteiger partial charge < -0.3 is 0 Å². The predicted octanol–water partition coefficient (Wildman–Crippen LogP) is 6.90. The first-order chi connectivity index (χ1) is 12.5.